The van der Waals surface area contributed by atoms with Crippen molar-refractivity contribution in [1.82, 2.24) is 9.38 Å². The van der Waals surface area contributed by atoms with E-state index in [-0.39, 0.29) is 11.8 Å². The van der Waals surface area contributed by atoms with Crippen LogP contribution >= 0.6 is 0 Å². The molecule has 1 aliphatic rings. The monoisotopic (exact) mass is 319 g/mol. The number of carbonyl (C=O) groups is 1. The molecule has 0 saturated heterocycles. The minimum absolute atomic E-state index is 0.000727. The Labute approximate surface area is 141 Å². The molecule has 4 nitrogen and oxygen atoms in total. The number of pyridine rings is 1. The van der Waals surface area contributed by atoms with E-state index in [4.69, 9.17) is 4.98 Å². The van der Waals surface area contributed by atoms with E-state index in [0.29, 0.717) is 0 Å². The molecule has 24 heavy (non-hydrogen) atoms. The maximum Gasteiger partial charge on any atom is 0.227 e. The largest absolute Gasteiger partial charge is 0.326 e. The Hall–Kier alpha value is -2.62. The summed E-state index contributed by atoms with van der Waals surface area (Å²) in [4.78, 5) is 17.4. The lowest BCUT2D eigenvalue weighted by molar-refractivity contribution is -0.120. The van der Waals surface area contributed by atoms with E-state index < -0.39 is 0 Å². The quantitative estimate of drug-likeness (QED) is 0.783. The number of amides is 1. The van der Waals surface area contributed by atoms with E-state index in [9.17, 15) is 4.79 Å². The van der Waals surface area contributed by atoms with Crippen LogP contribution in [0.15, 0.2) is 42.6 Å². The summed E-state index contributed by atoms with van der Waals surface area (Å²) >= 11 is 0. The van der Waals surface area contributed by atoms with Crippen molar-refractivity contribution in [2.45, 2.75) is 33.1 Å². The summed E-state index contributed by atoms with van der Waals surface area (Å²) < 4.78 is 2.15. The van der Waals surface area contributed by atoms with E-state index in [2.05, 4.69) is 35.0 Å². The highest BCUT2D eigenvalue weighted by Gasteiger charge is 2.28. The third-order valence-electron chi connectivity index (χ3n) is 4.81. The summed E-state index contributed by atoms with van der Waals surface area (Å²) in [7, 11) is 0. The molecule has 1 unspecified atom stereocenters. The molecule has 0 bridgehead atoms. The fourth-order valence-corrected chi connectivity index (χ4v) is 3.42. The van der Waals surface area contributed by atoms with Crippen molar-refractivity contribution >= 4 is 17.2 Å². The molecule has 1 aliphatic carbocycles. The second-order valence-corrected chi connectivity index (χ2v) is 6.73. The van der Waals surface area contributed by atoms with Gasteiger partial charge in [-0.2, -0.15) is 0 Å². The summed E-state index contributed by atoms with van der Waals surface area (Å²) in [5.41, 5.74) is 6.56. The number of aromatic nitrogens is 2. The van der Waals surface area contributed by atoms with E-state index in [0.717, 1.165) is 36.3 Å². The summed E-state index contributed by atoms with van der Waals surface area (Å²) in [5.74, 6) is 0.103. The van der Waals surface area contributed by atoms with Crippen molar-refractivity contribution < 1.29 is 4.79 Å². The van der Waals surface area contributed by atoms with Gasteiger partial charge in [-0.1, -0.05) is 23.8 Å². The zero-order valence-electron chi connectivity index (χ0n) is 14.0. The van der Waals surface area contributed by atoms with Crippen LogP contribution in [0.1, 0.15) is 28.9 Å². The third-order valence-corrected chi connectivity index (χ3v) is 4.81. The van der Waals surface area contributed by atoms with Crippen LogP contribution in [-0.4, -0.2) is 15.3 Å². The second-order valence-electron chi connectivity index (χ2n) is 6.73. The number of benzene rings is 1. The molecule has 4 heteroatoms. The van der Waals surface area contributed by atoms with Gasteiger partial charge in [-0.25, -0.2) is 4.98 Å². The van der Waals surface area contributed by atoms with Gasteiger partial charge in [0.2, 0.25) is 5.91 Å². The zero-order chi connectivity index (χ0) is 16.7. The first-order valence-corrected chi connectivity index (χ1v) is 8.44. The van der Waals surface area contributed by atoms with Crippen LogP contribution in [0.5, 0.6) is 0 Å². The minimum Gasteiger partial charge on any atom is -0.326 e. The van der Waals surface area contributed by atoms with Gasteiger partial charge in [-0.3, -0.25) is 4.79 Å². The fourth-order valence-electron chi connectivity index (χ4n) is 3.42. The van der Waals surface area contributed by atoms with Gasteiger partial charge in [0.25, 0.3) is 0 Å². The molecule has 0 spiro atoms. The van der Waals surface area contributed by atoms with E-state index >= 15 is 0 Å². The molecule has 0 saturated carbocycles. The highest BCUT2D eigenvalue weighted by molar-refractivity contribution is 5.92. The predicted molar refractivity (Wildman–Crippen MR) is 95.3 cm³/mol. The first-order chi connectivity index (χ1) is 11.6. The number of nitrogens with zero attached hydrogens (tertiary/aromatic N) is 2. The molecule has 122 valence electrons. The number of rotatable bonds is 2. The van der Waals surface area contributed by atoms with Gasteiger partial charge in [-0.05, 0) is 50.5 Å². The molecule has 2 heterocycles. The maximum atomic E-state index is 12.6. The number of carbonyl (C=O) groups excluding carboxylic acids is 1. The number of fused-ring (bicyclic) bond motifs is 3. The number of hydrogen-bond donors (Lipinski definition) is 1. The average molecular weight is 319 g/mol. The van der Waals surface area contributed by atoms with Crippen molar-refractivity contribution in [3.8, 4) is 0 Å². The van der Waals surface area contributed by atoms with Crippen molar-refractivity contribution in [2.24, 2.45) is 5.92 Å². The Bertz CT molecular complexity index is 909. The molecule has 0 fully saturated rings. The highest BCUT2D eigenvalue weighted by Crippen LogP contribution is 2.27. The fraction of sp³-hybridized carbons (Fsp3) is 0.300. The van der Waals surface area contributed by atoms with Gasteiger partial charge in [0, 0.05) is 29.9 Å². The van der Waals surface area contributed by atoms with Crippen molar-refractivity contribution in [1.29, 1.82) is 0 Å². The Balaban J connectivity index is 1.57. The number of aryl methyl sites for hydroxylation is 3. The Kier molecular flexibility index (Phi) is 3.60. The zero-order valence-corrected chi connectivity index (χ0v) is 14.0. The molecule has 1 N–H and O–H groups in total. The number of hydrogen-bond acceptors (Lipinski definition) is 2. The standard InChI is InChI=1S/C20H21N3O/c1-13-3-7-16(8-4-13)21-20(24)15-6-9-17-18(11-15)23-12-14(2)5-10-19(23)22-17/h3-5,7-8,10,12,15H,6,9,11H2,1-2H3,(H,21,24). The Morgan fingerprint density at radius 3 is 2.67 bits per heavy atom. The molecule has 0 aliphatic heterocycles. The molecular formula is C20H21N3O. The molecular weight excluding hydrogens is 298 g/mol. The van der Waals surface area contributed by atoms with Crippen LogP contribution in [0.25, 0.3) is 5.65 Å². The Morgan fingerprint density at radius 1 is 1.12 bits per heavy atom. The number of nitrogens with one attached hydrogen (secondary N) is 1. The van der Waals surface area contributed by atoms with Crippen molar-refractivity contribution in [3.63, 3.8) is 0 Å². The van der Waals surface area contributed by atoms with Crippen molar-refractivity contribution in [2.75, 3.05) is 5.32 Å². The Morgan fingerprint density at radius 2 is 1.88 bits per heavy atom. The topological polar surface area (TPSA) is 46.4 Å². The normalized spacial score (nSPS) is 16.8. The van der Waals surface area contributed by atoms with Crippen LogP contribution in [0.3, 0.4) is 0 Å². The number of anilines is 1. The molecule has 1 aromatic carbocycles. The van der Waals surface area contributed by atoms with Crippen LogP contribution in [0.2, 0.25) is 0 Å². The molecule has 1 amide bonds. The molecule has 3 aromatic rings. The van der Waals surface area contributed by atoms with Crippen LogP contribution in [-0.2, 0) is 17.6 Å². The third kappa shape index (κ3) is 2.68. The highest BCUT2D eigenvalue weighted by atomic mass is 16.1. The lowest BCUT2D eigenvalue weighted by atomic mass is 9.89. The van der Waals surface area contributed by atoms with Gasteiger partial charge in [0.1, 0.15) is 5.65 Å². The molecule has 4 rings (SSSR count). The van der Waals surface area contributed by atoms with Crippen LogP contribution in [0, 0.1) is 19.8 Å². The van der Waals surface area contributed by atoms with Gasteiger partial charge in [0.05, 0.1) is 5.69 Å². The van der Waals surface area contributed by atoms with E-state index in [1.54, 1.807) is 0 Å². The minimum atomic E-state index is -0.000727. The number of imidazole rings is 1. The van der Waals surface area contributed by atoms with Gasteiger partial charge in [-0.15, -0.1) is 0 Å². The first kappa shape index (κ1) is 14.9. The SMILES string of the molecule is Cc1ccc(NC(=O)C2CCc3nc4ccc(C)cn4c3C2)cc1. The summed E-state index contributed by atoms with van der Waals surface area (Å²) in [5, 5.41) is 3.05. The lowest BCUT2D eigenvalue weighted by Gasteiger charge is -2.21. The molecule has 1 atom stereocenters. The maximum absolute atomic E-state index is 12.6. The predicted octanol–water partition coefficient (Wildman–Crippen LogP) is 3.69. The average Bonchev–Trinajstić information content (AvgIpc) is 2.94. The van der Waals surface area contributed by atoms with E-state index in [1.165, 1.54) is 16.8 Å². The van der Waals surface area contributed by atoms with Gasteiger partial charge in [0.15, 0.2) is 0 Å². The van der Waals surface area contributed by atoms with Gasteiger partial charge >= 0.3 is 0 Å². The first-order valence-electron chi connectivity index (χ1n) is 8.44. The molecule has 2 aromatic heterocycles. The summed E-state index contributed by atoms with van der Waals surface area (Å²) in [6.07, 6.45) is 4.58. The second kappa shape index (κ2) is 5.78. The lowest BCUT2D eigenvalue weighted by Crippen LogP contribution is -2.28. The summed E-state index contributed by atoms with van der Waals surface area (Å²) in [6.45, 7) is 4.12. The smallest absolute Gasteiger partial charge is 0.227 e. The van der Waals surface area contributed by atoms with Crippen molar-refractivity contribution in [3.05, 3.63) is 65.1 Å². The molecule has 0 radical (unpaired) electrons. The van der Waals surface area contributed by atoms with E-state index in [1.807, 2.05) is 31.2 Å². The van der Waals surface area contributed by atoms with Crippen LogP contribution < -0.4 is 5.32 Å². The van der Waals surface area contributed by atoms with Gasteiger partial charge < -0.3 is 9.72 Å². The van der Waals surface area contributed by atoms with Crippen LogP contribution in [0.4, 0.5) is 5.69 Å². The summed E-state index contributed by atoms with van der Waals surface area (Å²) in [6, 6.07) is 12.1.